The average molecular weight is 224 g/mol. The van der Waals surface area contributed by atoms with Crippen molar-refractivity contribution in [3.63, 3.8) is 0 Å². The summed E-state index contributed by atoms with van der Waals surface area (Å²) in [7, 11) is 0. The fraction of sp³-hybridized carbons (Fsp3) is 0.200. The van der Waals surface area contributed by atoms with Crippen LogP contribution >= 0.6 is 0 Å². The predicted molar refractivity (Wildman–Crippen MR) is 72.5 cm³/mol. The molecule has 2 nitrogen and oxygen atoms in total. The molecule has 1 atom stereocenters. The highest BCUT2D eigenvalue weighted by Crippen LogP contribution is 2.25. The average Bonchev–Trinajstić information content (AvgIpc) is 2.80. The Kier molecular flexibility index (Phi) is 2.70. The van der Waals surface area contributed by atoms with E-state index in [9.17, 15) is 0 Å². The molecule has 1 aliphatic rings. The van der Waals surface area contributed by atoms with Crippen LogP contribution in [-0.4, -0.2) is 12.6 Å². The number of hydrogen-bond donors (Lipinski definition) is 2. The van der Waals surface area contributed by atoms with Crippen LogP contribution in [0.4, 0.5) is 11.4 Å². The fourth-order valence-corrected chi connectivity index (χ4v) is 2.30. The molecule has 0 aliphatic carbocycles. The van der Waals surface area contributed by atoms with Gasteiger partial charge in [-0.15, -0.1) is 0 Å². The van der Waals surface area contributed by atoms with E-state index in [2.05, 4.69) is 59.2 Å². The summed E-state index contributed by atoms with van der Waals surface area (Å²) in [6.07, 6.45) is 1.11. The molecule has 0 saturated heterocycles. The first kappa shape index (κ1) is 10.2. The molecule has 2 heteroatoms. The number of fused-ring (bicyclic) bond motifs is 1. The van der Waals surface area contributed by atoms with Crippen LogP contribution in [0.25, 0.3) is 0 Å². The molecule has 1 aliphatic heterocycles. The lowest BCUT2D eigenvalue weighted by Gasteiger charge is -2.13. The van der Waals surface area contributed by atoms with E-state index in [1.165, 1.54) is 16.9 Å². The third-order valence-electron chi connectivity index (χ3n) is 3.17. The van der Waals surface area contributed by atoms with Gasteiger partial charge in [-0.1, -0.05) is 36.4 Å². The lowest BCUT2D eigenvalue weighted by Crippen LogP contribution is -2.25. The van der Waals surface area contributed by atoms with Gasteiger partial charge in [0.25, 0.3) is 0 Å². The van der Waals surface area contributed by atoms with Crippen molar-refractivity contribution >= 4 is 11.4 Å². The molecular formula is C15H16N2. The molecule has 3 rings (SSSR count). The first-order valence-electron chi connectivity index (χ1n) is 6.05. The molecule has 0 bridgehead atoms. The molecule has 0 radical (unpaired) electrons. The quantitative estimate of drug-likeness (QED) is 0.837. The van der Waals surface area contributed by atoms with Crippen LogP contribution in [0.2, 0.25) is 0 Å². The Balaban J connectivity index is 1.59. The smallest absolute Gasteiger partial charge is 0.0475 e. The molecule has 0 saturated carbocycles. The van der Waals surface area contributed by atoms with Crippen LogP contribution in [0, 0.1) is 0 Å². The zero-order valence-corrected chi connectivity index (χ0v) is 9.69. The minimum absolute atomic E-state index is 0.493. The van der Waals surface area contributed by atoms with E-state index in [1.807, 2.05) is 6.07 Å². The molecule has 0 spiro atoms. The minimum atomic E-state index is 0.493. The first-order chi connectivity index (χ1) is 8.42. The van der Waals surface area contributed by atoms with Crippen molar-refractivity contribution in [3.8, 4) is 0 Å². The van der Waals surface area contributed by atoms with E-state index < -0.39 is 0 Å². The monoisotopic (exact) mass is 224 g/mol. The third-order valence-corrected chi connectivity index (χ3v) is 3.17. The Bertz CT molecular complexity index is 468. The van der Waals surface area contributed by atoms with Gasteiger partial charge in [-0.05, 0) is 30.2 Å². The number of rotatable bonds is 3. The first-order valence-corrected chi connectivity index (χ1v) is 6.05. The molecule has 0 unspecified atom stereocenters. The van der Waals surface area contributed by atoms with E-state index >= 15 is 0 Å². The van der Waals surface area contributed by atoms with Crippen molar-refractivity contribution in [2.24, 2.45) is 0 Å². The number of anilines is 2. The highest BCUT2D eigenvalue weighted by atomic mass is 15.0. The Morgan fingerprint density at radius 2 is 1.76 bits per heavy atom. The summed E-state index contributed by atoms with van der Waals surface area (Å²) in [6, 6.07) is 19.4. The van der Waals surface area contributed by atoms with E-state index in [0.29, 0.717) is 6.04 Å². The highest BCUT2D eigenvalue weighted by molar-refractivity contribution is 5.57. The third kappa shape index (κ3) is 2.26. The Morgan fingerprint density at radius 3 is 2.59 bits per heavy atom. The molecule has 1 heterocycles. The number of hydrogen-bond acceptors (Lipinski definition) is 2. The second-order valence-corrected chi connectivity index (χ2v) is 4.45. The largest absolute Gasteiger partial charge is 0.383 e. The lowest BCUT2D eigenvalue weighted by atomic mass is 10.1. The van der Waals surface area contributed by atoms with Crippen LogP contribution in [-0.2, 0) is 6.42 Å². The second-order valence-electron chi connectivity index (χ2n) is 4.45. The number of benzene rings is 2. The fourth-order valence-electron chi connectivity index (χ4n) is 2.30. The van der Waals surface area contributed by atoms with E-state index in [1.54, 1.807) is 0 Å². The van der Waals surface area contributed by atoms with Gasteiger partial charge in [0.1, 0.15) is 0 Å². The molecule has 0 fully saturated rings. The maximum Gasteiger partial charge on any atom is 0.0475 e. The van der Waals surface area contributed by atoms with Crippen molar-refractivity contribution in [1.82, 2.24) is 0 Å². The van der Waals surface area contributed by atoms with Gasteiger partial charge in [-0.25, -0.2) is 0 Å². The Morgan fingerprint density at radius 1 is 1.00 bits per heavy atom. The molecule has 17 heavy (non-hydrogen) atoms. The molecule has 2 N–H and O–H groups in total. The van der Waals surface area contributed by atoms with Gasteiger partial charge >= 0.3 is 0 Å². The van der Waals surface area contributed by atoms with Gasteiger partial charge in [0, 0.05) is 24.0 Å². The van der Waals surface area contributed by atoms with Crippen molar-refractivity contribution in [1.29, 1.82) is 0 Å². The van der Waals surface area contributed by atoms with Crippen LogP contribution < -0.4 is 10.6 Å². The molecule has 86 valence electrons. The summed E-state index contributed by atoms with van der Waals surface area (Å²) in [4.78, 5) is 0. The topological polar surface area (TPSA) is 24.1 Å². The van der Waals surface area contributed by atoms with Crippen molar-refractivity contribution in [2.45, 2.75) is 12.5 Å². The summed E-state index contributed by atoms with van der Waals surface area (Å²) in [6.45, 7) is 0.957. The molecule has 0 aromatic heterocycles. The van der Waals surface area contributed by atoms with E-state index in [0.717, 1.165) is 13.0 Å². The van der Waals surface area contributed by atoms with Gasteiger partial charge in [-0.3, -0.25) is 0 Å². The van der Waals surface area contributed by atoms with Gasteiger partial charge in [0.05, 0.1) is 0 Å². The highest BCUT2D eigenvalue weighted by Gasteiger charge is 2.19. The van der Waals surface area contributed by atoms with E-state index in [4.69, 9.17) is 0 Å². The second kappa shape index (κ2) is 4.50. The van der Waals surface area contributed by atoms with Crippen LogP contribution in [0.1, 0.15) is 5.56 Å². The SMILES string of the molecule is c1ccc(NC[C@@H]2Cc3ccccc3N2)cc1. The summed E-state index contributed by atoms with van der Waals surface area (Å²) >= 11 is 0. The van der Waals surface area contributed by atoms with Crippen molar-refractivity contribution in [2.75, 3.05) is 17.2 Å². The standard InChI is InChI=1S/C15H16N2/c1-2-7-13(8-3-1)16-11-14-10-12-6-4-5-9-15(12)17-14/h1-9,14,16-17H,10-11H2/t14-/m0/s1. The van der Waals surface area contributed by atoms with Crippen LogP contribution in [0.3, 0.4) is 0 Å². The summed E-state index contributed by atoms with van der Waals surface area (Å²) in [5.74, 6) is 0. The molecule has 2 aromatic carbocycles. The summed E-state index contributed by atoms with van der Waals surface area (Å²) in [5.41, 5.74) is 3.89. The summed E-state index contributed by atoms with van der Waals surface area (Å²) < 4.78 is 0. The molecular weight excluding hydrogens is 208 g/mol. The van der Waals surface area contributed by atoms with Crippen molar-refractivity contribution in [3.05, 3.63) is 60.2 Å². The zero-order valence-electron chi connectivity index (χ0n) is 9.69. The number of para-hydroxylation sites is 2. The zero-order chi connectivity index (χ0) is 11.5. The Labute approximate surface area is 102 Å². The van der Waals surface area contributed by atoms with E-state index in [-0.39, 0.29) is 0 Å². The van der Waals surface area contributed by atoms with Gasteiger partial charge in [-0.2, -0.15) is 0 Å². The number of nitrogens with one attached hydrogen (secondary N) is 2. The molecule has 2 aromatic rings. The molecule has 0 amide bonds. The van der Waals surface area contributed by atoms with Gasteiger partial charge in [0.2, 0.25) is 0 Å². The maximum atomic E-state index is 3.54. The van der Waals surface area contributed by atoms with Crippen LogP contribution in [0.5, 0.6) is 0 Å². The van der Waals surface area contributed by atoms with Gasteiger partial charge < -0.3 is 10.6 Å². The minimum Gasteiger partial charge on any atom is -0.383 e. The Hall–Kier alpha value is -1.96. The van der Waals surface area contributed by atoms with Gasteiger partial charge in [0.15, 0.2) is 0 Å². The van der Waals surface area contributed by atoms with Crippen LogP contribution in [0.15, 0.2) is 54.6 Å². The predicted octanol–water partition coefficient (Wildman–Crippen LogP) is 3.14. The maximum absolute atomic E-state index is 3.54. The lowest BCUT2D eigenvalue weighted by molar-refractivity contribution is 0.787. The van der Waals surface area contributed by atoms with Crippen molar-refractivity contribution < 1.29 is 0 Å². The normalized spacial score (nSPS) is 17.3. The summed E-state index contributed by atoms with van der Waals surface area (Å²) in [5, 5.41) is 7.00.